The van der Waals surface area contributed by atoms with Crippen molar-refractivity contribution in [3.8, 4) is 5.75 Å². The Morgan fingerprint density at radius 3 is 2.52 bits per heavy atom. The molecule has 1 aromatic rings. The van der Waals surface area contributed by atoms with Crippen LogP contribution in [0.25, 0.3) is 0 Å². The predicted molar refractivity (Wildman–Crippen MR) is 82.6 cm³/mol. The first-order valence-corrected chi connectivity index (χ1v) is 8.03. The molecule has 0 bridgehead atoms. The summed E-state index contributed by atoms with van der Waals surface area (Å²) < 4.78 is 5.07. The lowest BCUT2D eigenvalue weighted by molar-refractivity contribution is -0.117. The van der Waals surface area contributed by atoms with Gasteiger partial charge in [-0.25, -0.2) is 4.79 Å². The maximum Gasteiger partial charge on any atom is 0.321 e. The molecule has 2 rings (SSSR count). The zero-order valence-electron chi connectivity index (χ0n) is 12.1. The van der Waals surface area contributed by atoms with Crippen molar-refractivity contribution in [3.63, 3.8) is 0 Å². The van der Waals surface area contributed by atoms with Gasteiger partial charge in [0.25, 0.3) is 0 Å². The van der Waals surface area contributed by atoms with Crippen molar-refractivity contribution in [2.75, 3.05) is 12.9 Å². The molecular formula is C15H20N2O3S. The fourth-order valence-corrected chi connectivity index (χ4v) is 2.97. The molecule has 0 unspecified atom stereocenters. The van der Waals surface area contributed by atoms with Gasteiger partial charge < -0.3 is 10.1 Å². The molecule has 0 radical (unpaired) electrons. The Morgan fingerprint density at radius 1 is 1.24 bits per heavy atom. The molecule has 0 spiro atoms. The van der Waals surface area contributed by atoms with Gasteiger partial charge in [-0.15, -0.1) is 11.8 Å². The summed E-state index contributed by atoms with van der Waals surface area (Å²) in [5, 5.41) is 5.19. The Kier molecular flexibility index (Phi) is 5.92. The van der Waals surface area contributed by atoms with E-state index in [0.717, 1.165) is 36.3 Å². The molecule has 0 heterocycles. The van der Waals surface area contributed by atoms with E-state index in [9.17, 15) is 9.59 Å². The molecule has 1 fully saturated rings. The second kappa shape index (κ2) is 7.93. The Hall–Kier alpha value is -1.69. The number of amides is 3. The van der Waals surface area contributed by atoms with Gasteiger partial charge in [0.2, 0.25) is 5.91 Å². The number of nitrogens with one attached hydrogen (secondary N) is 2. The van der Waals surface area contributed by atoms with Gasteiger partial charge >= 0.3 is 6.03 Å². The minimum atomic E-state index is -0.387. The average Bonchev–Trinajstić information content (AvgIpc) is 2.98. The van der Waals surface area contributed by atoms with E-state index in [-0.39, 0.29) is 23.7 Å². The standard InChI is InChI=1S/C15H20N2O3S/c1-20-12-6-8-13(9-7-12)21-10-14(18)17-15(19)16-11-4-2-3-5-11/h6-9,11H,2-5,10H2,1H3,(H2,16,17,18,19). The van der Waals surface area contributed by atoms with Crippen molar-refractivity contribution in [1.82, 2.24) is 10.6 Å². The largest absolute Gasteiger partial charge is 0.497 e. The van der Waals surface area contributed by atoms with E-state index >= 15 is 0 Å². The van der Waals surface area contributed by atoms with Crippen LogP contribution in [-0.4, -0.2) is 30.8 Å². The third-order valence-electron chi connectivity index (χ3n) is 3.37. The summed E-state index contributed by atoms with van der Waals surface area (Å²) in [5.74, 6) is 0.704. The third kappa shape index (κ3) is 5.30. The number of carbonyl (C=O) groups is 2. The molecule has 0 aromatic heterocycles. The van der Waals surface area contributed by atoms with Crippen LogP contribution in [0.3, 0.4) is 0 Å². The van der Waals surface area contributed by atoms with Crippen LogP contribution in [0.2, 0.25) is 0 Å². The lowest BCUT2D eigenvalue weighted by atomic mass is 10.2. The summed E-state index contributed by atoms with van der Waals surface area (Å²) in [4.78, 5) is 24.3. The summed E-state index contributed by atoms with van der Waals surface area (Å²) in [6.45, 7) is 0. The van der Waals surface area contributed by atoms with E-state index < -0.39 is 0 Å². The summed E-state index contributed by atoms with van der Waals surface area (Å²) >= 11 is 1.38. The molecule has 114 valence electrons. The van der Waals surface area contributed by atoms with Crippen molar-refractivity contribution in [2.24, 2.45) is 0 Å². The number of hydrogen-bond donors (Lipinski definition) is 2. The maximum absolute atomic E-state index is 11.7. The van der Waals surface area contributed by atoms with E-state index in [2.05, 4.69) is 10.6 Å². The van der Waals surface area contributed by atoms with E-state index in [0.29, 0.717) is 0 Å². The molecule has 0 aliphatic heterocycles. The molecule has 1 aliphatic carbocycles. The van der Waals surface area contributed by atoms with Crippen LogP contribution in [0.4, 0.5) is 4.79 Å². The predicted octanol–water partition coefficient (Wildman–Crippen LogP) is 2.56. The first-order valence-electron chi connectivity index (χ1n) is 7.04. The number of carbonyl (C=O) groups excluding carboxylic acids is 2. The minimum Gasteiger partial charge on any atom is -0.497 e. The summed E-state index contributed by atoms with van der Waals surface area (Å²) in [5.41, 5.74) is 0. The van der Waals surface area contributed by atoms with Crippen LogP contribution < -0.4 is 15.4 Å². The van der Waals surface area contributed by atoms with Crippen molar-refractivity contribution in [1.29, 1.82) is 0 Å². The van der Waals surface area contributed by atoms with E-state index in [1.54, 1.807) is 7.11 Å². The van der Waals surface area contributed by atoms with Gasteiger partial charge in [0, 0.05) is 10.9 Å². The van der Waals surface area contributed by atoms with Crippen LogP contribution in [0.1, 0.15) is 25.7 Å². The van der Waals surface area contributed by atoms with Crippen LogP contribution in [-0.2, 0) is 4.79 Å². The quantitative estimate of drug-likeness (QED) is 0.820. The van der Waals surface area contributed by atoms with E-state index in [1.807, 2.05) is 24.3 Å². The summed E-state index contributed by atoms with van der Waals surface area (Å²) in [7, 11) is 1.61. The highest BCUT2D eigenvalue weighted by atomic mass is 32.2. The molecule has 0 atom stereocenters. The SMILES string of the molecule is COc1ccc(SCC(=O)NC(=O)NC2CCCC2)cc1. The Morgan fingerprint density at radius 2 is 1.90 bits per heavy atom. The molecule has 3 amide bonds. The monoisotopic (exact) mass is 308 g/mol. The van der Waals surface area contributed by atoms with Crippen LogP contribution in [0.5, 0.6) is 5.75 Å². The highest BCUT2D eigenvalue weighted by molar-refractivity contribution is 8.00. The number of ether oxygens (including phenoxy) is 1. The number of benzene rings is 1. The maximum atomic E-state index is 11.7. The molecule has 5 nitrogen and oxygen atoms in total. The molecule has 0 saturated heterocycles. The molecule has 1 aromatic carbocycles. The second-order valence-corrected chi connectivity index (χ2v) is 6.02. The number of urea groups is 1. The highest BCUT2D eigenvalue weighted by Gasteiger charge is 2.18. The Balaban J connectivity index is 1.69. The fraction of sp³-hybridized carbons (Fsp3) is 0.467. The number of thioether (sulfide) groups is 1. The van der Waals surface area contributed by atoms with Gasteiger partial charge in [0.1, 0.15) is 5.75 Å². The van der Waals surface area contributed by atoms with Gasteiger partial charge in [-0.3, -0.25) is 10.1 Å². The van der Waals surface area contributed by atoms with Gasteiger partial charge in [-0.1, -0.05) is 12.8 Å². The first kappa shape index (κ1) is 15.7. The number of imide groups is 1. The van der Waals surface area contributed by atoms with Gasteiger partial charge in [-0.05, 0) is 37.1 Å². The smallest absolute Gasteiger partial charge is 0.321 e. The molecule has 1 saturated carbocycles. The van der Waals surface area contributed by atoms with Gasteiger partial charge in [0.15, 0.2) is 0 Å². The van der Waals surface area contributed by atoms with Crippen molar-refractivity contribution >= 4 is 23.7 Å². The minimum absolute atomic E-state index is 0.213. The summed E-state index contributed by atoms with van der Waals surface area (Å²) in [6, 6.07) is 7.28. The third-order valence-corrected chi connectivity index (χ3v) is 4.38. The van der Waals surface area contributed by atoms with Crippen molar-refractivity contribution in [3.05, 3.63) is 24.3 Å². The lowest BCUT2D eigenvalue weighted by Gasteiger charge is -2.12. The zero-order valence-corrected chi connectivity index (χ0v) is 12.9. The normalized spacial score (nSPS) is 14.7. The van der Waals surface area contributed by atoms with Crippen LogP contribution in [0, 0.1) is 0 Å². The highest BCUT2D eigenvalue weighted by Crippen LogP contribution is 2.21. The average molecular weight is 308 g/mol. The van der Waals surface area contributed by atoms with Crippen LogP contribution in [0.15, 0.2) is 29.2 Å². The number of hydrogen-bond acceptors (Lipinski definition) is 4. The molecule has 1 aliphatic rings. The van der Waals surface area contributed by atoms with Crippen molar-refractivity contribution < 1.29 is 14.3 Å². The van der Waals surface area contributed by atoms with Crippen LogP contribution >= 0.6 is 11.8 Å². The van der Waals surface area contributed by atoms with Gasteiger partial charge in [0.05, 0.1) is 12.9 Å². The molecule has 2 N–H and O–H groups in total. The number of methoxy groups -OCH3 is 1. The summed E-state index contributed by atoms with van der Waals surface area (Å²) in [6.07, 6.45) is 4.29. The Labute approximate surface area is 128 Å². The zero-order chi connectivity index (χ0) is 15.1. The molecular weight excluding hydrogens is 288 g/mol. The van der Waals surface area contributed by atoms with Gasteiger partial charge in [-0.2, -0.15) is 0 Å². The topological polar surface area (TPSA) is 67.4 Å². The molecule has 6 heteroatoms. The first-order chi connectivity index (χ1) is 10.2. The Bertz CT molecular complexity index is 484. The lowest BCUT2D eigenvalue weighted by Crippen LogP contribution is -2.44. The van der Waals surface area contributed by atoms with E-state index in [4.69, 9.17) is 4.74 Å². The fourth-order valence-electron chi connectivity index (χ4n) is 2.28. The van der Waals surface area contributed by atoms with Crippen molar-refractivity contribution in [2.45, 2.75) is 36.6 Å². The second-order valence-electron chi connectivity index (χ2n) is 4.97. The number of rotatable bonds is 5. The molecule has 21 heavy (non-hydrogen) atoms. The van der Waals surface area contributed by atoms with E-state index in [1.165, 1.54) is 11.8 Å².